The van der Waals surface area contributed by atoms with Gasteiger partial charge in [-0.3, -0.25) is 14.5 Å². The summed E-state index contributed by atoms with van der Waals surface area (Å²) in [6.07, 6.45) is 5.30. The zero-order valence-electron chi connectivity index (χ0n) is 22.3. The van der Waals surface area contributed by atoms with Crippen molar-refractivity contribution in [2.45, 2.75) is 0 Å². The van der Waals surface area contributed by atoms with Gasteiger partial charge in [0.1, 0.15) is 11.6 Å². The van der Waals surface area contributed by atoms with Crippen LogP contribution in [0.1, 0.15) is 16.7 Å². The molecule has 8 nitrogen and oxygen atoms in total. The van der Waals surface area contributed by atoms with Crippen LogP contribution in [0.25, 0.3) is 27.6 Å². The van der Waals surface area contributed by atoms with E-state index in [-0.39, 0.29) is 0 Å². The Morgan fingerprint density at radius 2 is 1.72 bits per heavy atom. The second-order valence-electron chi connectivity index (χ2n) is 9.96. The molecule has 1 aliphatic rings. The van der Waals surface area contributed by atoms with E-state index in [9.17, 15) is 5.26 Å². The average Bonchev–Trinajstić information content (AvgIpc) is 3.37. The van der Waals surface area contributed by atoms with Crippen molar-refractivity contribution >= 4 is 33.6 Å². The van der Waals surface area contributed by atoms with Gasteiger partial charge in [0.05, 0.1) is 34.2 Å². The van der Waals surface area contributed by atoms with Crippen molar-refractivity contribution in [3.63, 3.8) is 0 Å². The van der Waals surface area contributed by atoms with E-state index >= 15 is 0 Å². The number of fused-ring (bicyclic) bond motifs is 3. The highest BCUT2D eigenvalue weighted by Crippen LogP contribution is 2.33. The number of anilines is 2. The monoisotopic (exact) mass is 512 g/mol. The maximum atomic E-state index is 10.1. The lowest BCUT2D eigenvalue weighted by Crippen LogP contribution is -2.44. The quantitative estimate of drug-likeness (QED) is 0.338. The molecule has 6 rings (SSSR count). The van der Waals surface area contributed by atoms with Crippen LogP contribution in [0.3, 0.4) is 0 Å². The van der Waals surface area contributed by atoms with Crippen molar-refractivity contribution in [1.82, 2.24) is 24.4 Å². The minimum absolute atomic E-state index is 0.657. The van der Waals surface area contributed by atoms with Gasteiger partial charge in [-0.1, -0.05) is 11.8 Å². The van der Waals surface area contributed by atoms with Gasteiger partial charge in [0, 0.05) is 69.2 Å². The number of aromatic nitrogens is 4. The molecular weight excluding hydrogens is 484 g/mol. The largest absolute Gasteiger partial charge is 0.368 e. The summed E-state index contributed by atoms with van der Waals surface area (Å²) >= 11 is 0. The Kier molecular flexibility index (Phi) is 6.32. The van der Waals surface area contributed by atoms with E-state index in [1.54, 1.807) is 12.4 Å². The van der Waals surface area contributed by atoms with Crippen molar-refractivity contribution in [3.8, 4) is 23.6 Å². The Balaban J connectivity index is 1.52. The third-order valence-corrected chi connectivity index (χ3v) is 7.08. The van der Waals surface area contributed by atoms with Crippen LogP contribution in [-0.2, 0) is 0 Å². The molecule has 0 aliphatic carbocycles. The van der Waals surface area contributed by atoms with Gasteiger partial charge in [-0.15, -0.1) is 0 Å². The Morgan fingerprint density at radius 3 is 2.46 bits per heavy atom. The van der Waals surface area contributed by atoms with E-state index < -0.39 is 0 Å². The topological polar surface area (TPSA) is 77.1 Å². The van der Waals surface area contributed by atoms with Gasteiger partial charge in [-0.05, 0) is 55.6 Å². The third kappa shape index (κ3) is 4.63. The average molecular weight is 513 g/mol. The van der Waals surface area contributed by atoms with Crippen LogP contribution in [0.5, 0.6) is 0 Å². The summed E-state index contributed by atoms with van der Waals surface area (Å²) in [6.45, 7) is 3.77. The maximum absolute atomic E-state index is 10.1. The number of nitriles is 1. The summed E-state index contributed by atoms with van der Waals surface area (Å²) in [5, 5.41) is 11.1. The van der Waals surface area contributed by atoms with Crippen molar-refractivity contribution < 1.29 is 0 Å². The molecule has 1 fully saturated rings. The minimum Gasteiger partial charge on any atom is -0.368 e. The summed E-state index contributed by atoms with van der Waals surface area (Å²) in [6, 6.07) is 18.4. The van der Waals surface area contributed by atoms with Gasteiger partial charge in [0.25, 0.3) is 0 Å². The Hall–Kier alpha value is -4.92. The molecule has 8 heteroatoms. The second-order valence-corrected chi connectivity index (χ2v) is 9.96. The van der Waals surface area contributed by atoms with Gasteiger partial charge < -0.3 is 14.7 Å². The normalized spacial score (nSPS) is 13.7. The van der Waals surface area contributed by atoms with E-state index in [1.165, 1.54) is 0 Å². The first kappa shape index (κ1) is 24.4. The highest BCUT2D eigenvalue weighted by Gasteiger charge is 2.21. The van der Waals surface area contributed by atoms with Crippen molar-refractivity contribution in [3.05, 3.63) is 83.8 Å². The fourth-order valence-electron chi connectivity index (χ4n) is 5.02. The van der Waals surface area contributed by atoms with E-state index in [0.717, 1.165) is 76.6 Å². The Bertz CT molecular complexity index is 1780. The lowest BCUT2D eigenvalue weighted by Gasteiger charge is -2.34. The Labute approximate surface area is 227 Å². The molecule has 5 aromatic rings. The number of nitrogens with zero attached hydrogens (tertiary/aromatic N) is 8. The summed E-state index contributed by atoms with van der Waals surface area (Å²) in [5.74, 6) is 7.22. The summed E-state index contributed by atoms with van der Waals surface area (Å²) < 4.78 is 2.12. The second kappa shape index (κ2) is 10.1. The van der Waals surface area contributed by atoms with Gasteiger partial charge >= 0.3 is 0 Å². The van der Waals surface area contributed by atoms with Crippen LogP contribution in [0, 0.1) is 23.2 Å². The number of hydrogen-bond acceptors (Lipinski definition) is 7. The summed E-state index contributed by atoms with van der Waals surface area (Å²) in [5.41, 5.74) is 6.83. The highest BCUT2D eigenvalue weighted by molar-refractivity contribution is 6.04. The van der Waals surface area contributed by atoms with Crippen LogP contribution in [0.2, 0.25) is 0 Å². The number of imidazole rings is 1. The summed E-state index contributed by atoms with van der Waals surface area (Å²) in [7, 11) is 6.08. The minimum atomic E-state index is 0.657. The predicted molar refractivity (Wildman–Crippen MR) is 155 cm³/mol. The first-order valence-corrected chi connectivity index (χ1v) is 12.9. The van der Waals surface area contributed by atoms with Gasteiger partial charge in [0.2, 0.25) is 5.95 Å². The fourth-order valence-corrected chi connectivity index (χ4v) is 5.02. The molecule has 0 radical (unpaired) electrons. The number of likely N-dealkylation sites (N-methyl/N-ethyl adjacent to an activating group) is 1. The maximum Gasteiger partial charge on any atom is 0.210 e. The molecule has 0 atom stereocenters. The lowest BCUT2D eigenvalue weighted by atomic mass is 10.1. The van der Waals surface area contributed by atoms with E-state index in [0.29, 0.717) is 5.56 Å². The molecule has 2 aromatic carbocycles. The fraction of sp³-hybridized carbons (Fsp3) is 0.226. The number of hydrogen-bond donors (Lipinski definition) is 0. The van der Waals surface area contributed by atoms with Crippen LogP contribution >= 0.6 is 0 Å². The molecule has 0 amide bonds. The number of rotatable bonds is 3. The molecule has 0 N–H and O–H groups in total. The molecular formula is C31H28N8. The van der Waals surface area contributed by atoms with Crippen LogP contribution < -0.4 is 9.80 Å². The van der Waals surface area contributed by atoms with Gasteiger partial charge in [-0.25, -0.2) is 4.98 Å². The van der Waals surface area contributed by atoms with Crippen LogP contribution in [0.4, 0.5) is 11.6 Å². The molecule has 4 heterocycles. The Morgan fingerprint density at radius 1 is 0.897 bits per heavy atom. The molecule has 1 aliphatic heterocycles. The number of piperazine rings is 1. The molecule has 0 unspecified atom stereocenters. The summed E-state index contributed by atoms with van der Waals surface area (Å²) in [4.78, 5) is 20.3. The number of pyridine rings is 2. The standard InChI is InChI=1S/C31H28N8/c1-36(2)31-35-28-21-34-27-10-8-22(6-7-23-5-4-12-33-20-23)17-26(27)30(28)39(31)25-9-11-29(24(18-25)19-32)38-15-13-37(3)14-16-38/h4-5,8-12,17-18,20-21H,13-16H2,1-3H3. The van der Waals surface area contributed by atoms with Gasteiger partial charge in [0.15, 0.2) is 0 Å². The molecule has 1 saturated heterocycles. The van der Waals surface area contributed by atoms with E-state index in [1.807, 2.05) is 55.5 Å². The smallest absolute Gasteiger partial charge is 0.210 e. The molecule has 0 spiro atoms. The van der Waals surface area contributed by atoms with E-state index in [4.69, 9.17) is 4.98 Å². The lowest BCUT2D eigenvalue weighted by molar-refractivity contribution is 0.313. The van der Waals surface area contributed by atoms with Gasteiger partial charge in [-0.2, -0.15) is 5.26 Å². The third-order valence-electron chi connectivity index (χ3n) is 7.08. The first-order chi connectivity index (χ1) is 19.0. The predicted octanol–water partition coefficient (Wildman–Crippen LogP) is 4.06. The molecule has 0 bridgehead atoms. The van der Waals surface area contributed by atoms with Crippen LogP contribution in [-0.4, -0.2) is 71.7 Å². The highest BCUT2D eigenvalue weighted by atomic mass is 15.3. The number of benzene rings is 2. The molecule has 39 heavy (non-hydrogen) atoms. The van der Waals surface area contributed by atoms with Crippen molar-refractivity contribution in [2.24, 2.45) is 0 Å². The van der Waals surface area contributed by atoms with Crippen molar-refractivity contribution in [2.75, 3.05) is 57.1 Å². The SMILES string of the molecule is CN1CCN(c2ccc(-n3c(N(C)C)nc4cnc5ccc(C#Cc6cccnc6)cc5c43)cc2C#N)CC1. The molecule has 3 aromatic heterocycles. The van der Waals surface area contributed by atoms with E-state index in [2.05, 4.69) is 67.5 Å². The zero-order chi connectivity index (χ0) is 26.9. The first-order valence-electron chi connectivity index (χ1n) is 12.9. The molecule has 192 valence electrons. The molecule has 0 saturated carbocycles. The van der Waals surface area contributed by atoms with Crippen LogP contribution in [0.15, 0.2) is 67.1 Å². The zero-order valence-corrected chi connectivity index (χ0v) is 22.3. The van der Waals surface area contributed by atoms with Crippen molar-refractivity contribution in [1.29, 1.82) is 5.26 Å².